The maximum absolute atomic E-state index is 12.1. The number of imidazole rings is 1. The Kier molecular flexibility index (Phi) is 3.82. The van der Waals surface area contributed by atoms with E-state index in [-0.39, 0.29) is 17.1 Å². The summed E-state index contributed by atoms with van der Waals surface area (Å²) in [6.07, 6.45) is 0.537. The van der Waals surface area contributed by atoms with Crippen molar-refractivity contribution >= 4 is 21.1 Å². The number of aromatic nitrogens is 2. The molecule has 3 aromatic rings. The zero-order valence-corrected chi connectivity index (χ0v) is 12.5. The molecule has 2 aromatic carbocycles. The van der Waals surface area contributed by atoms with E-state index in [0.717, 1.165) is 11.1 Å². The number of benzene rings is 2. The predicted molar refractivity (Wildman–Crippen MR) is 84.3 cm³/mol. The van der Waals surface area contributed by atoms with Crippen molar-refractivity contribution in [2.45, 2.75) is 11.3 Å². The van der Waals surface area contributed by atoms with Gasteiger partial charge < -0.3 is 9.97 Å². The van der Waals surface area contributed by atoms with Crippen LogP contribution in [0.25, 0.3) is 11.0 Å². The Balaban J connectivity index is 1.68. The number of fused-ring (bicyclic) bond motifs is 1. The van der Waals surface area contributed by atoms with Crippen molar-refractivity contribution in [2.24, 2.45) is 0 Å². The Morgan fingerprint density at radius 3 is 2.45 bits per heavy atom. The summed E-state index contributed by atoms with van der Waals surface area (Å²) in [6.45, 7) is 0.289. The van der Waals surface area contributed by atoms with Crippen molar-refractivity contribution in [2.75, 3.05) is 6.54 Å². The van der Waals surface area contributed by atoms with Crippen molar-refractivity contribution in [3.63, 3.8) is 0 Å². The van der Waals surface area contributed by atoms with E-state index in [1.165, 1.54) is 0 Å². The second-order valence-corrected chi connectivity index (χ2v) is 6.69. The predicted octanol–water partition coefficient (Wildman–Crippen LogP) is 1.38. The van der Waals surface area contributed by atoms with Gasteiger partial charge >= 0.3 is 5.69 Å². The van der Waals surface area contributed by atoms with E-state index in [1.807, 2.05) is 12.1 Å². The van der Waals surface area contributed by atoms with Crippen molar-refractivity contribution in [3.8, 4) is 0 Å². The minimum atomic E-state index is -3.48. The molecule has 0 fully saturated rings. The van der Waals surface area contributed by atoms with Crippen LogP contribution in [0.5, 0.6) is 0 Å². The lowest BCUT2D eigenvalue weighted by Crippen LogP contribution is -2.25. The van der Waals surface area contributed by atoms with Gasteiger partial charge in [-0.2, -0.15) is 0 Å². The van der Waals surface area contributed by atoms with E-state index in [9.17, 15) is 13.2 Å². The molecule has 114 valence electrons. The van der Waals surface area contributed by atoms with Gasteiger partial charge in [0, 0.05) is 6.54 Å². The average Bonchev–Trinajstić information content (AvgIpc) is 2.87. The molecule has 22 heavy (non-hydrogen) atoms. The molecule has 6 nitrogen and oxygen atoms in total. The molecule has 0 saturated carbocycles. The molecule has 3 rings (SSSR count). The Hall–Kier alpha value is -2.38. The standard InChI is InChI=1S/C15H15N3O3S/c19-15-17-13-7-6-11(10-14(13)18-15)8-9-16-22(20,21)12-4-2-1-3-5-12/h1-7,10,16H,8-9H2,(H2,17,18,19). The summed E-state index contributed by atoms with van der Waals surface area (Å²) in [5.41, 5.74) is 2.14. The fourth-order valence-electron chi connectivity index (χ4n) is 2.25. The fourth-order valence-corrected chi connectivity index (χ4v) is 3.30. The monoisotopic (exact) mass is 317 g/mol. The van der Waals surface area contributed by atoms with Crippen LogP contribution in [0, 0.1) is 0 Å². The smallest absolute Gasteiger partial charge is 0.306 e. The molecule has 0 unspecified atom stereocenters. The second kappa shape index (κ2) is 5.78. The quantitative estimate of drug-likeness (QED) is 0.663. The molecule has 0 bridgehead atoms. The molecule has 0 radical (unpaired) electrons. The highest BCUT2D eigenvalue weighted by atomic mass is 32.2. The van der Waals surface area contributed by atoms with Crippen molar-refractivity contribution < 1.29 is 8.42 Å². The largest absolute Gasteiger partial charge is 0.323 e. The molecule has 7 heteroatoms. The minimum Gasteiger partial charge on any atom is -0.306 e. The first-order valence-electron chi connectivity index (χ1n) is 6.80. The third-order valence-electron chi connectivity index (χ3n) is 3.34. The average molecular weight is 317 g/mol. The summed E-state index contributed by atoms with van der Waals surface area (Å²) in [7, 11) is -3.48. The number of aromatic amines is 2. The first-order valence-corrected chi connectivity index (χ1v) is 8.28. The highest BCUT2D eigenvalue weighted by Crippen LogP contribution is 2.11. The minimum absolute atomic E-state index is 0.250. The zero-order valence-electron chi connectivity index (χ0n) is 11.7. The van der Waals surface area contributed by atoms with Crippen LogP contribution in [0.15, 0.2) is 58.2 Å². The van der Waals surface area contributed by atoms with Gasteiger partial charge in [-0.05, 0) is 36.2 Å². The lowest BCUT2D eigenvalue weighted by atomic mass is 10.1. The summed E-state index contributed by atoms with van der Waals surface area (Å²) in [4.78, 5) is 16.8. The molecule has 1 heterocycles. The highest BCUT2D eigenvalue weighted by molar-refractivity contribution is 7.89. The molecule has 0 aliphatic rings. The number of sulfonamides is 1. The summed E-state index contributed by atoms with van der Waals surface area (Å²) in [6, 6.07) is 13.8. The fraction of sp³-hybridized carbons (Fsp3) is 0.133. The van der Waals surface area contributed by atoms with Crippen LogP contribution in [0.4, 0.5) is 0 Å². The summed E-state index contributed by atoms with van der Waals surface area (Å²) < 4.78 is 26.7. The van der Waals surface area contributed by atoms with Gasteiger partial charge in [0.15, 0.2) is 0 Å². The van der Waals surface area contributed by atoms with Gasteiger partial charge in [0.25, 0.3) is 0 Å². The van der Waals surface area contributed by atoms with E-state index >= 15 is 0 Å². The number of hydrogen-bond acceptors (Lipinski definition) is 3. The third kappa shape index (κ3) is 3.10. The first kappa shape index (κ1) is 14.6. The third-order valence-corrected chi connectivity index (χ3v) is 4.82. The van der Waals surface area contributed by atoms with Gasteiger partial charge in [-0.3, -0.25) is 0 Å². The van der Waals surface area contributed by atoms with Gasteiger partial charge in [0.2, 0.25) is 10.0 Å². The van der Waals surface area contributed by atoms with Crippen LogP contribution >= 0.6 is 0 Å². The summed E-state index contributed by atoms with van der Waals surface area (Å²) in [5, 5.41) is 0. The molecule has 0 spiro atoms. The van der Waals surface area contributed by atoms with Gasteiger partial charge in [0.05, 0.1) is 15.9 Å². The van der Waals surface area contributed by atoms with Crippen LogP contribution in [0.2, 0.25) is 0 Å². The molecular formula is C15H15N3O3S. The van der Waals surface area contributed by atoms with E-state index in [4.69, 9.17) is 0 Å². The molecule has 0 aliphatic carbocycles. The summed E-state index contributed by atoms with van der Waals surface area (Å²) in [5.74, 6) is 0. The Bertz CT molecular complexity index is 943. The SMILES string of the molecule is O=c1[nH]c2ccc(CCNS(=O)(=O)c3ccccc3)cc2[nH]1. The van der Waals surface area contributed by atoms with Crippen LogP contribution in [0.3, 0.4) is 0 Å². The van der Waals surface area contributed by atoms with Crippen LogP contribution in [-0.2, 0) is 16.4 Å². The number of H-pyrrole nitrogens is 2. The van der Waals surface area contributed by atoms with E-state index in [0.29, 0.717) is 11.9 Å². The molecular weight excluding hydrogens is 302 g/mol. The normalized spacial score (nSPS) is 11.8. The van der Waals surface area contributed by atoms with Crippen LogP contribution in [-0.4, -0.2) is 24.9 Å². The Labute approximate surface area is 127 Å². The lowest BCUT2D eigenvalue weighted by molar-refractivity contribution is 0.581. The number of hydrogen-bond donors (Lipinski definition) is 3. The molecule has 0 atom stereocenters. The lowest BCUT2D eigenvalue weighted by Gasteiger charge is -2.06. The van der Waals surface area contributed by atoms with Crippen LogP contribution in [0.1, 0.15) is 5.56 Å². The highest BCUT2D eigenvalue weighted by Gasteiger charge is 2.12. The summed E-state index contributed by atoms with van der Waals surface area (Å²) >= 11 is 0. The van der Waals surface area contributed by atoms with Crippen molar-refractivity contribution in [1.29, 1.82) is 0 Å². The molecule has 0 saturated heterocycles. The number of rotatable bonds is 5. The Morgan fingerprint density at radius 1 is 0.955 bits per heavy atom. The first-order chi connectivity index (χ1) is 10.5. The van der Waals surface area contributed by atoms with Gasteiger partial charge in [-0.15, -0.1) is 0 Å². The molecule has 3 N–H and O–H groups in total. The molecule has 1 aromatic heterocycles. The van der Waals surface area contributed by atoms with E-state index in [2.05, 4.69) is 14.7 Å². The second-order valence-electron chi connectivity index (χ2n) is 4.92. The topological polar surface area (TPSA) is 94.8 Å². The molecule has 0 aliphatic heterocycles. The van der Waals surface area contributed by atoms with Gasteiger partial charge in [-0.1, -0.05) is 24.3 Å². The molecule has 0 amide bonds. The van der Waals surface area contributed by atoms with E-state index < -0.39 is 10.0 Å². The van der Waals surface area contributed by atoms with Crippen molar-refractivity contribution in [1.82, 2.24) is 14.7 Å². The maximum atomic E-state index is 12.1. The maximum Gasteiger partial charge on any atom is 0.323 e. The number of nitrogens with one attached hydrogen (secondary N) is 3. The van der Waals surface area contributed by atoms with E-state index in [1.54, 1.807) is 36.4 Å². The van der Waals surface area contributed by atoms with Crippen LogP contribution < -0.4 is 10.4 Å². The van der Waals surface area contributed by atoms with Crippen molar-refractivity contribution in [3.05, 3.63) is 64.6 Å². The van der Waals surface area contributed by atoms with Gasteiger partial charge in [-0.25, -0.2) is 17.9 Å². The zero-order chi connectivity index (χ0) is 15.6. The van der Waals surface area contributed by atoms with Gasteiger partial charge in [0.1, 0.15) is 0 Å². The Morgan fingerprint density at radius 2 is 1.68 bits per heavy atom.